The summed E-state index contributed by atoms with van der Waals surface area (Å²) >= 11 is 3.59. The molecule has 0 radical (unpaired) electrons. The normalized spacial score (nSPS) is 16.2. The van der Waals surface area contributed by atoms with Gasteiger partial charge in [0.15, 0.2) is 0 Å². The molecule has 1 aliphatic rings. The van der Waals surface area contributed by atoms with Crippen molar-refractivity contribution in [1.82, 2.24) is 9.55 Å². The summed E-state index contributed by atoms with van der Waals surface area (Å²) in [6.45, 7) is 0.797. The summed E-state index contributed by atoms with van der Waals surface area (Å²) < 4.78 is 3.46. The number of nitrogens with one attached hydrogen (secondary N) is 1. The van der Waals surface area contributed by atoms with E-state index in [2.05, 4.69) is 55.2 Å². The van der Waals surface area contributed by atoms with Crippen LogP contribution in [0.25, 0.3) is 0 Å². The molecule has 1 aliphatic carbocycles. The van der Waals surface area contributed by atoms with Gasteiger partial charge in [0.2, 0.25) is 5.95 Å². The number of benzene rings is 1. The Labute approximate surface area is 128 Å². The molecule has 106 valence electrons. The summed E-state index contributed by atoms with van der Waals surface area (Å²) in [5, 5.41) is 3.47. The molecule has 1 N–H and O–H groups in total. The molecule has 0 amide bonds. The molecule has 0 aliphatic heterocycles. The highest BCUT2D eigenvalue weighted by molar-refractivity contribution is 9.10. The largest absolute Gasteiger partial charge is 0.352 e. The maximum absolute atomic E-state index is 4.47. The van der Waals surface area contributed by atoms with Crippen molar-refractivity contribution in [2.45, 2.75) is 44.7 Å². The second-order valence-corrected chi connectivity index (χ2v) is 6.25. The molecule has 1 aromatic carbocycles. The molecule has 2 aromatic rings. The molecular weight excluding hydrogens is 314 g/mol. The van der Waals surface area contributed by atoms with Gasteiger partial charge in [-0.2, -0.15) is 0 Å². The standard InChI is InChI=1S/C16H20BrN3/c17-15-9-5-4-6-13(15)12-19-16-18-10-11-20(16)14-7-2-1-3-8-14/h4-6,9-11,14H,1-3,7-8,12H2,(H,18,19). The third-order valence-electron chi connectivity index (χ3n) is 4.03. The summed E-state index contributed by atoms with van der Waals surface area (Å²) in [7, 11) is 0. The highest BCUT2D eigenvalue weighted by atomic mass is 79.9. The fourth-order valence-electron chi connectivity index (χ4n) is 2.92. The molecular formula is C16H20BrN3. The minimum atomic E-state index is 0.618. The molecule has 20 heavy (non-hydrogen) atoms. The van der Waals surface area contributed by atoms with Crippen LogP contribution in [0.4, 0.5) is 5.95 Å². The van der Waals surface area contributed by atoms with E-state index in [1.54, 1.807) is 0 Å². The van der Waals surface area contributed by atoms with E-state index in [1.807, 2.05) is 12.3 Å². The quantitative estimate of drug-likeness (QED) is 0.873. The van der Waals surface area contributed by atoms with E-state index in [0.717, 1.165) is 17.0 Å². The minimum Gasteiger partial charge on any atom is -0.352 e. The number of rotatable bonds is 4. The lowest BCUT2D eigenvalue weighted by molar-refractivity contribution is 0.356. The third-order valence-corrected chi connectivity index (χ3v) is 4.81. The Bertz CT molecular complexity index is 558. The second-order valence-electron chi connectivity index (χ2n) is 5.39. The molecule has 3 rings (SSSR count). The van der Waals surface area contributed by atoms with Gasteiger partial charge in [0.05, 0.1) is 0 Å². The summed E-state index contributed by atoms with van der Waals surface area (Å²) in [6, 6.07) is 8.93. The van der Waals surface area contributed by atoms with E-state index in [9.17, 15) is 0 Å². The average Bonchev–Trinajstić information content (AvgIpc) is 2.96. The highest BCUT2D eigenvalue weighted by Crippen LogP contribution is 2.30. The Morgan fingerprint density at radius 1 is 1.20 bits per heavy atom. The van der Waals surface area contributed by atoms with Crippen LogP contribution in [-0.2, 0) is 6.54 Å². The zero-order chi connectivity index (χ0) is 13.8. The molecule has 1 heterocycles. The van der Waals surface area contributed by atoms with Gasteiger partial charge in [0.25, 0.3) is 0 Å². The van der Waals surface area contributed by atoms with E-state index < -0.39 is 0 Å². The Kier molecular flexibility index (Phi) is 4.41. The molecule has 1 fully saturated rings. The number of aromatic nitrogens is 2. The van der Waals surface area contributed by atoms with Crippen molar-refractivity contribution >= 4 is 21.9 Å². The van der Waals surface area contributed by atoms with Gasteiger partial charge in [-0.05, 0) is 24.5 Å². The lowest BCUT2D eigenvalue weighted by atomic mass is 9.95. The predicted molar refractivity (Wildman–Crippen MR) is 85.8 cm³/mol. The fraction of sp³-hybridized carbons (Fsp3) is 0.438. The predicted octanol–water partition coefficient (Wildman–Crippen LogP) is 4.76. The van der Waals surface area contributed by atoms with E-state index in [-0.39, 0.29) is 0 Å². The van der Waals surface area contributed by atoms with Crippen LogP contribution in [0, 0.1) is 0 Å². The van der Waals surface area contributed by atoms with E-state index in [4.69, 9.17) is 0 Å². The first-order valence-corrected chi connectivity index (χ1v) is 8.14. The number of hydrogen-bond acceptors (Lipinski definition) is 2. The Morgan fingerprint density at radius 2 is 2.00 bits per heavy atom. The van der Waals surface area contributed by atoms with Crippen molar-refractivity contribution in [3.05, 3.63) is 46.7 Å². The number of nitrogens with zero attached hydrogens (tertiary/aromatic N) is 2. The van der Waals surface area contributed by atoms with Gasteiger partial charge in [0.1, 0.15) is 0 Å². The SMILES string of the molecule is Brc1ccccc1CNc1nccn1C1CCCCC1. The summed E-state index contributed by atoms with van der Waals surface area (Å²) in [4.78, 5) is 4.47. The first-order valence-electron chi connectivity index (χ1n) is 7.35. The minimum absolute atomic E-state index is 0.618. The Hall–Kier alpha value is -1.29. The summed E-state index contributed by atoms with van der Waals surface area (Å²) in [5.74, 6) is 0.993. The zero-order valence-electron chi connectivity index (χ0n) is 11.6. The van der Waals surface area contributed by atoms with Crippen LogP contribution >= 0.6 is 15.9 Å². The van der Waals surface area contributed by atoms with E-state index in [0.29, 0.717) is 6.04 Å². The van der Waals surface area contributed by atoms with Crippen molar-refractivity contribution in [1.29, 1.82) is 0 Å². The zero-order valence-corrected chi connectivity index (χ0v) is 13.1. The number of hydrogen-bond donors (Lipinski definition) is 1. The van der Waals surface area contributed by atoms with Gasteiger partial charge in [-0.3, -0.25) is 0 Å². The van der Waals surface area contributed by atoms with Crippen LogP contribution in [0.3, 0.4) is 0 Å². The smallest absolute Gasteiger partial charge is 0.203 e. The van der Waals surface area contributed by atoms with Gasteiger partial charge < -0.3 is 9.88 Å². The van der Waals surface area contributed by atoms with Crippen LogP contribution in [0.15, 0.2) is 41.1 Å². The van der Waals surface area contributed by atoms with Crippen molar-refractivity contribution in [2.75, 3.05) is 5.32 Å². The van der Waals surface area contributed by atoms with Crippen molar-refractivity contribution in [2.24, 2.45) is 0 Å². The Morgan fingerprint density at radius 3 is 2.80 bits per heavy atom. The van der Waals surface area contributed by atoms with Gasteiger partial charge in [-0.15, -0.1) is 0 Å². The van der Waals surface area contributed by atoms with E-state index in [1.165, 1.54) is 37.7 Å². The van der Waals surface area contributed by atoms with Crippen molar-refractivity contribution in [3.8, 4) is 0 Å². The van der Waals surface area contributed by atoms with Crippen LogP contribution in [-0.4, -0.2) is 9.55 Å². The van der Waals surface area contributed by atoms with Crippen LogP contribution < -0.4 is 5.32 Å². The lowest BCUT2D eigenvalue weighted by Crippen LogP contribution is -2.15. The number of imidazole rings is 1. The number of anilines is 1. The summed E-state index contributed by atoms with van der Waals surface area (Å²) in [6.07, 6.45) is 10.6. The first kappa shape index (κ1) is 13.7. The van der Waals surface area contributed by atoms with Gasteiger partial charge >= 0.3 is 0 Å². The maximum atomic E-state index is 4.47. The molecule has 0 spiro atoms. The van der Waals surface area contributed by atoms with Gasteiger partial charge in [-0.1, -0.05) is 53.4 Å². The molecule has 0 saturated heterocycles. The lowest BCUT2D eigenvalue weighted by Gasteiger charge is -2.24. The molecule has 0 atom stereocenters. The van der Waals surface area contributed by atoms with E-state index >= 15 is 0 Å². The molecule has 0 unspecified atom stereocenters. The monoisotopic (exact) mass is 333 g/mol. The number of halogens is 1. The Balaban J connectivity index is 1.69. The van der Waals surface area contributed by atoms with Gasteiger partial charge in [0, 0.05) is 29.5 Å². The van der Waals surface area contributed by atoms with Crippen molar-refractivity contribution < 1.29 is 0 Å². The molecule has 1 saturated carbocycles. The van der Waals surface area contributed by atoms with Crippen molar-refractivity contribution in [3.63, 3.8) is 0 Å². The summed E-state index contributed by atoms with van der Waals surface area (Å²) in [5.41, 5.74) is 1.26. The van der Waals surface area contributed by atoms with Gasteiger partial charge in [-0.25, -0.2) is 4.98 Å². The molecule has 0 bridgehead atoms. The maximum Gasteiger partial charge on any atom is 0.203 e. The average molecular weight is 334 g/mol. The van der Waals surface area contributed by atoms with Crippen LogP contribution in [0.1, 0.15) is 43.7 Å². The molecule has 4 heteroatoms. The topological polar surface area (TPSA) is 29.9 Å². The third kappa shape index (κ3) is 3.06. The molecule has 1 aromatic heterocycles. The highest BCUT2D eigenvalue weighted by Gasteiger charge is 2.17. The fourth-order valence-corrected chi connectivity index (χ4v) is 3.34. The second kappa shape index (κ2) is 6.44. The first-order chi connectivity index (χ1) is 9.84. The van der Waals surface area contributed by atoms with Crippen LogP contribution in [0.2, 0.25) is 0 Å². The molecule has 3 nitrogen and oxygen atoms in total. The van der Waals surface area contributed by atoms with Crippen LogP contribution in [0.5, 0.6) is 0 Å².